The molecule has 0 spiro atoms. The highest BCUT2D eigenvalue weighted by Gasteiger charge is 2.22. The number of methoxy groups -OCH3 is 1. The summed E-state index contributed by atoms with van der Waals surface area (Å²) in [6.07, 6.45) is 4.84. The van der Waals surface area contributed by atoms with Crippen LogP contribution in [0.4, 0.5) is 5.69 Å². The van der Waals surface area contributed by atoms with Crippen molar-refractivity contribution in [3.8, 4) is 5.75 Å². The van der Waals surface area contributed by atoms with Gasteiger partial charge in [-0.2, -0.15) is 0 Å². The van der Waals surface area contributed by atoms with Crippen molar-refractivity contribution in [2.45, 2.75) is 18.1 Å². The number of nitrogens with zero attached hydrogens (tertiary/aromatic N) is 1. The summed E-state index contributed by atoms with van der Waals surface area (Å²) in [7, 11) is 3.80. The summed E-state index contributed by atoms with van der Waals surface area (Å²) in [5.41, 5.74) is 2.41. The standard InChI is InChI=1S/C18H18N2OS/c1-20-11-12-9-14(21-2)4-8-16(12)17-7-3-13(10-18(17)20)19-22-15-5-6-15/h3-4,7-11,15H,5-6H2,1-2H3/p+1. The highest BCUT2D eigenvalue weighted by atomic mass is 32.2. The van der Waals surface area contributed by atoms with Crippen LogP contribution in [0.25, 0.3) is 21.7 Å². The molecule has 4 heteroatoms. The van der Waals surface area contributed by atoms with Crippen LogP contribution in [0.2, 0.25) is 0 Å². The minimum atomic E-state index is 0.800. The number of aromatic nitrogens is 1. The highest BCUT2D eigenvalue weighted by Crippen LogP contribution is 2.35. The maximum Gasteiger partial charge on any atom is 0.215 e. The number of anilines is 1. The second-order valence-electron chi connectivity index (χ2n) is 5.84. The van der Waals surface area contributed by atoms with Crippen LogP contribution in [0.15, 0.2) is 42.6 Å². The fraction of sp³-hybridized carbons (Fsp3) is 0.278. The lowest BCUT2D eigenvalue weighted by atomic mass is 10.1. The van der Waals surface area contributed by atoms with E-state index in [1.807, 2.05) is 18.0 Å². The molecule has 0 saturated heterocycles. The van der Waals surface area contributed by atoms with Crippen molar-refractivity contribution in [2.75, 3.05) is 11.8 Å². The highest BCUT2D eigenvalue weighted by molar-refractivity contribution is 8.01. The molecule has 0 radical (unpaired) electrons. The lowest BCUT2D eigenvalue weighted by molar-refractivity contribution is -0.643. The Hall–Kier alpha value is -1.94. The first-order valence-corrected chi connectivity index (χ1v) is 8.44. The van der Waals surface area contributed by atoms with Gasteiger partial charge >= 0.3 is 0 Å². The third-order valence-electron chi connectivity index (χ3n) is 4.13. The fourth-order valence-corrected chi connectivity index (χ4v) is 3.55. The van der Waals surface area contributed by atoms with Gasteiger partial charge in [-0.1, -0.05) is 0 Å². The molecule has 0 unspecified atom stereocenters. The Morgan fingerprint density at radius 1 is 1.14 bits per heavy atom. The lowest BCUT2D eigenvalue weighted by Crippen LogP contribution is -2.28. The summed E-state index contributed by atoms with van der Waals surface area (Å²) >= 11 is 1.84. The predicted octanol–water partition coefficient (Wildman–Crippen LogP) is 4.05. The number of rotatable bonds is 4. The van der Waals surface area contributed by atoms with Crippen molar-refractivity contribution < 1.29 is 9.30 Å². The van der Waals surface area contributed by atoms with Crippen LogP contribution in [-0.4, -0.2) is 12.4 Å². The zero-order valence-electron chi connectivity index (χ0n) is 12.8. The molecular formula is C18H19N2OS+. The third kappa shape index (κ3) is 2.48. The largest absolute Gasteiger partial charge is 0.497 e. The first-order chi connectivity index (χ1) is 10.7. The first-order valence-electron chi connectivity index (χ1n) is 7.56. The Morgan fingerprint density at radius 2 is 1.95 bits per heavy atom. The zero-order chi connectivity index (χ0) is 15.1. The molecule has 0 atom stereocenters. The average molecular weight is 311 g/mol. The lowest BCUT2D eigenvalue weighted by Gasteiger charge is -2.08. The Balaban J connectivity index is 1.82. The molecule has 1 saturated carbocycles. The van der Waals surface area contributed by atoms with E-state index < -0.39 is 0 Å². The van der Waals surface area contributed by atoms with Crippen LogP contribution in [0.5, 0.6) is 5.75 Å². The number of hydrogen-bond donors (Lipinski definition) is 1. The molecule has 1 fully saturated rings. The van der Waals surface area contributed by atoms with E-state index in [0.717, 1.165) is 11.0 Å². The summed E-state index contributed by atoms with van der Waals surface area (Å²) in [5, 5.41) is 4.52. The van der Waals surface area contributed by atoms with Crippen molar-refractivity contribution in [3.05, 3.63) is 42.6 Å². The fourth-order valence-electron chi connectivity index (χ4n) is 2.75. The predicted molar refractivity (Wildman–Crippen MR) is 93.4 cm³/mol. The maximum atomic E-state index is 5.33. The van der Waals surface area contributed by atoms with Gasteiger partial charge in [0.05, 0.1) is 23.6 Å². The van der Waals surface area contributed by atoms with Crippen LogP contribution >= 0.6 is 11.9 Å². The van der Waals surface area contributed by atoms with Gasteiger partial charge in [0.2, 0.25) is 5.52 Å². The quantitative estimate of drug-likeness (QED) is 0.447. The summed E-state index contributed by atoms with van der Waals surface area (Å²) in [6, 6.07) is 12.9. The summed E-state index contributed by atoms with van der Waals surface area (Å²) in [5.74, 6) is 0.894. The van der Waals surface area contributed by atoms with Gasteiger partial charge in [-0.3, -0.25) is 0 Å². The Morgan fingerprint density at radius 3 is 2.73 bits per heavy atom. The van der Waals surface area contributed by atoms with Gasteiger partial charge in [0.25, 0.3) is 0 Å². The molecule has 1 aliphatic rings. The monoisotopic (exact) mass is 311 g/mol. The van der Waals surface area contributed by atoms with E-state index in [2.05, 4.69) is 52.9 Å². The molecule has 1 heterocycles. The van der Waals surface area contributed by atoms with Gasteiger partial charge in [0.1, 0.15) is 12.8 Å². The van der Waals surface area contributed by atoms with E-state index in [1.54, 1.807) is 7.11 Å². The van der Waals surface area contributed by atoms with E-state index in [4.69, 9.17) is 4.74 Å². The Bertz CT molecular complexity index is 858. The molecule has 22 heavy (non-hydrogen) atoms. The minimum Gasteiger partial charge on any atom is -0.497 e. The second kappa shape index (κ2) is 5.36. The van der Waals surface area contributed by atoms with Crippen LogP contribution < -0.4 is 14.0 Å². The van der Waals surface area contributed by atoms with E-state index >= 15 is 0 Å². The van der Waals surface area contributed by atoms with Gasteiger partial charge in [0.15, 0.2) is 6.20 Å². The summed E-state index contributed by atoms with van der Waals surface area (Å²) < 4.78 is 11.0. The molecule has 3 nitrogen and oxygen atoms in total. The molecule has 1 N–H and O–H groups in total. The SMILES string of the molecule is COc1ccc2c(c1)c[n+](C)c1cc(NSC3CC3)ccc21. The number of aryl methyl sites for hydroxylation is 1. The van der Waals surface area contributed by atoms with Gasteiger partial charge < -0.3 is 9.46 Å². The van der Waals surface area contributed by atoms with Gasteiger partial charge in [-0.15, -0.1) is 0 Å². The number of pyridine rings is 1. The zero-order valence-corrected chi connectivity index (χ0v) is 13.6. The van der Waals surface area contributed by atoms with Crippen molar-refractivity contribution >= 4 is 39.3 Å². The number of ether oxygens (including phenoxy) is 1. The molecular weight excluding hydrogens is 292 g/mol. The molecule has 2 aromatic carbocycles. The van der Waals surface area contributed by atoms with E-state index in [0.29, 0.717) is 0 Å². The van der Waals surface area contributed by atoms with Crippen molar-refractivity contribution in [2.24, 2.45) is 7.05 Å². The molecule has 0 bridgehead atoms. The van der Waals surface area contributed by atoms with Crippen LogP contribution in [0.1, 0.15) is 12.8 Å². The topological polar surface area (TPSA) is 25.1 Å². The second-order valence-corrected chi connectivity index (χ2v) is 6.95. The first kappa shape index (κ1) is 13.7. The number of hydrogen-bond acceptors (Lipinski definition) is 3. The Labute approximate surface area is 134 Å². The Kier molecular flexibility index (Phi) is 3.34. The minimum absolute atomic E-state index is 0.800. The molecule has 3 aromatic rings. The molecule has 1 aromatic heterocycles. The van der Waals surface area contributed by atoms with Crippen molar-refractivity contribution in [3.63, 3.8) is 0 Å². The van der Waals surface area contributed by atoms with Gasteiger partial charge in [-0.05, 0) is 55.1 Å². The van der Waals surface area contributed by atoms with E-state index in [1.165, 1.54) is 40.2 Å². The van der Waals surface area contributed by atoms with E-state index in [-0.39, 0.29) is 0 Å². The third-order valence-corrected chi connectivity index (χ3v) is 5.29. The number of benzene rings is 2. The number of fused-ring (bicyclic) bond motifs is 3. The molecule has 0 amide bonds. The summed E-state index contributed by atoms with van der Waals surface area (Å²) in [4.78, 5) is 0. The van der Waals surface area contributed by atoms with Gasteiger partial charge in [0, 0.05) is 16.7 Å². The molecule has 4 rings (SSSR count). The van der Waals surface area contributed by atoms with E-state index in [9.17, 15) is 0 Å². The molecule has 0 aliphatic heterocycles. The van der Waals surface area contributed by atoms with Gasteiger partial charge in [-0.25, -0.2) is 4.57 Å². The molecule has 112 valence electrons. The molecule has 1 aliphatic carbocycles. The average Bonchev–Trinajstić information content (AvgIpc) is 3.37. The van der Waals surface area contributed by atoms with Crippen molar-refractivity contribution in [1.82, 2.24) is 0 Å². The van der Waals surface area contributed by atoms with Crippen LogP contribution in [-0.2, 0) is 7.05 Å². The van der Waals surface area contributed by atoms with Crippen molar-refractivity contribution in [1.29, 1.82) is 0 Å². The summed E-state index contributed by atoms with van der Waals surface area (Å²) in [6.45, 7) is 0. The van der Waals surface area contributed by atoms with Crippen LogP contribution in [0.3, 0.4) is 0 Å². The van der Waals surface area contributed by atoms with Crippen LogP contribution in [0, 0.1) is 0 Å². The normalized spacial score (nSPS) is 14.5. The smallest absolute Gasteiger partial charge is 0.215 e. The maximum absolute atomic E-state index is 5.33. The number of nitrogens with one attached hydrogen (secondary N) is 1.